The Labute approximate surface area is 215 Å². The fourth-order valence-electron chi connectivity index (χ4n) is 5.33. The average Bonchev–Trinajstić information content (AvgIpc) is 3.63. The molecule has 0 N–H and O–H groups in total. The summed E-state index contributed by atoms with van der Waals surface area (Å²) in [6.07, 6.45) is 4.48. The second-order valence-corrected chi connectivity index (χ2v) is 11.0. The lowest BCUT2D eigenvalue weighted by Gasteiger charge is -2.32. The van der Waals surface area contributed by atoms with Crippen LogP contribution in [0.1, 0.15) is 44.6 Å². The standard InChI is InChI=1S/C27H33N7O3/c1-27(2,3)37-26(35)33-9-10-34-22(15-33)24(29-25(34)18-8-11-36-16-18)17-6-7-21-20(12-17)23(30-32(21)5)19-13-28-31(4)14-19/h6-7,12-14,18H,8-11,15-16H2,1-5H3. The van der Waals surface area contributed by atoms with Gasteiger partial charge in [0.25, 0.3) is 0 Å². The Morgan fingerprint density at radius 2 is 1.97 bits per heavy atom. The molecule has 1 atom stereocenters. The number of fused-ring (bicyclic) bond motifs is 2. The van der Waals surface area contributed by atoms with Crippen LogP contribution in [0, 0.1) is 0 Å². The van der Waals surface area contributed by atoms with Gasteiger partial charge in [0.2, 0.25) is 0 Å². The molecule has 0 radical (unpaired) electrons. The first kappa shape index (κ1) is 23.7. The van der Waals surface area contributed by atoms with Crippen LogP contribution in [0.3, 0.4) is 0 Å². The first-order chi connectivity index (χ1) is 17.7. The predicted molar refractivity (Wildman–Crippen MR) is 139 cm³/mol. The Morgan fingerprint density at radius 3 is 2.68 bits per heavy atom. The molecule has 2 aliphatic heterocycles. The van der Waals surface area contributed by atoms with Crippen molar-refractivity contribution in [3.8, 4) is 22.5 Å². The summed E-state index contributed by atoms with van der Waals surface area (Å²) in [4.78, 5) is 19.9. The molecule has 194 valence electrons. The van der Waals surface area contributed by atoms with E-state index in [-0.39, 0.29) is 12.0 Å². The van der Waals surface area contributed by atoms with E-state index >= 15 is 0 Å². The number of rotatable bonds is 3. The zero-order chi connectivity index (χ0) is 25.9. The van der Waals surface area contributed by atoms with E-state index in [1.165, 1.54) is 0 Å². The number of carbonyl (C=O) groups excluding carboxylic acids is 1. The van der Waals surface area contributed by atoms with Crippen molar-refractivity contribution in [3.05, 3.63) is 42.1 Å². The van der Waals surface area contributed by atoms with Crippen molar-refractivity contribution >= 4 is 17.0 Å². The minimum atomic E-state index is -0.544. The normalized spacial score (nSPS) is 18.0. The van der Waals surface area contributed by atoms with Gasteiger partial charge in [-0.05, 0) is 39.3 Å². The van der Waals surface area contributed by atoms with E-state index in [1.54, 1.807) is 9.58 Å². The number of hydrogen-bond donors (Lipinski definition) is 0. The van der Waals surface area contributed by atoms with Crippen molar-refractivity contribution in [3.63, 3.8) is 0 Å². The van der Waals surface area contributed by atoms with Gasteiger partial charge in [0.1, 0.15) is 17.1 Å². The Balaban J connectivity index is 1.45. The molecular formula is C27H33N7O3. The topological polar surface area (TPSA) is 92.2 Å². The van der Waals surface area contributed by atoms with E-state index in [0.29, 0.717) is 26.2 Å². The summed E-state index contributed by atoms with van der Waals surface area (Å²) in [5.74, 6) is 1.30. The number of nitrogens with zero attached hydrogens (tertiary/aromatic N) is 7. The van der Waals surface area contributed by atoms with Crippen molar-refractivity contribution in [2.45, 2.75) is 51.8 Å². The maximum absolute atomic E-state index is 13.0. The van der Waals surface area contributed by atoms with Crippen LogP contribution in [-0.4, -0.2) is 65.5 Å². The molecule has 10 nitrogen and oxygen atoms in total. The van der Waals surface area contributed by atoms with Gasteiger partial charge in [-0.1, -0.05) is 6.07 Å². The molecule has 10 heteroatoms. The Morgan fingerprint density at radius 1 is 1.14 bits per heavy atom. The van der Waals surface area contributed by atoms with E-state index in [9.17, 15) is 4.79 Å². The number of carbonyl (C=O) groups is 1. The van der Waals surface area contributed by atoms with Gasteiger partial charge in [-0.15, -0.1) is 0 Å². The SMILES string of the molecule is Cn1cc(-c2nn(C)c3ccc(-c4nc(C5CCOC5)n5c4CN(C(=O)OC(C)(C)C)CC5)cc23)cn1. The summed E-state index contributed by atoms with van der Waals surface area (Å²) < 4.78 is 17.4. The maximum atomic E-state index is 13.0. The fourth-order valence-corrected chi connectivity index (χ4v) is 5.33. The van der Waals surface area contributed by atoms with Gasteiger partial charge in [0, 0.05) is 62.4 Å². The van der Waals surface area contributed by atoms with E-state index in [2.05, 4.69) is 27.9 Å². The molecule has 3 aromatic heterocycles. The zero-order valence-electron chi connectivity index (χ0n) is 22.1. The Hall–Kier alpha value is -3.66. The summed E-state index contributed by atoms with van der Waals surface area (Å²) >= 11 is 0. The summed E-state index contributed by atoms with van der Waals surface area (Å²) in [6, 6.07) is 6.35. The lowest BCUT2D eigenvalue weighted by Crippen LogP contribution is -2.41. The van der Waals surface area contributed by atoms with Gasteiger partial charge in [0.15, 0.2) is 0 Å². The summed E-state index contributed by atoms with van der Waals surface area (Å²) in [6.45, 7) is 8.84. The van der Waals surface area contributed by atoms with E-state index in [1.807, 2.05) is 51.9 Å². The molecule has 1 unspecified atom stereocenters. The Bertz CT molecular complexity index is 1480. The fraction of sp³-hybridized carbons (Fsp3) is 0.481. The number of amides is 1. The van der Waals surface area contributed by atoms with Crippen LogP contribution >= 0.6 is 0 Å². The smallest absolute Gasteiger partial charge is 0.410 e. The number of ether oxygens (including phenoxy) is 2. The van der Waals surface area contributed by atoms with Crippen LogP contribution < -0.4 is 0 Å². The molecule has 37 heavy (non-hydrogen) atoms. The third kappa shape index (κ3) is 4.29. The molecule has 2 aliphatic rings. The van der Waals surface area contributed by atoms with Crippen LogP contribution in [0.4, 0.5) is 4.79 Å². The van der Waals surface area contributed by atoms with Crippen LogP contribution in [0.5, 0.6) is 0 Å². The van der Waals surface area contributed by atoms with E-state index < -0.39 is 5.60 Å². The molecule has 1 saturated heterocycles. The lowest BCUT2D eigenvalue weighted by molar-refractivity contribution is 0.0198. The molecule has 5 heterocycles. The molecule has 0 spiro atoms. The van der Waals surface area contributed by atoms with Crippen molar-refractivity contribution in [2.75, 3.05) is 19.8 Å². The molecule has 1 fully saturated rings. The van der Waals surface area contributed by atoms with Crippen molar-refractivity contribution in [1.82, 2.24) is 34.0 Å². The van der Waals surface area contributed by atoms with Crippen molar-refractivity contribution in [1.29, 1.82) is 0 Å². The molecule has 0 bridgehead atoms. The number of hydrogen-bond acceptors (Lipinski definition) is 6. The molecule has 0 saturated carbocycles. The zero-order valence-corrected chi connectivity index (χ0v) is 22.1. The van der Waals surface area contributed by atoms with Gasteiger partial charge in [-0.25, -0.2) is 9.78 Å². The highest BCUT2D eigenvalue weighted by Crippen LogP contribution is 2.36. The third-order valence-electron chi connectivity index (χ3n) is 7.08. The number of imidazole rings is 1. The van der Waals surface area contributed by atoms with E-state index in [0.717, 1.165) is 58.0 Å². The minimum absolute atomic E-state index is 0.258. The van der Waals surface area contributed by atoms with Gasteiger partial charge in [0.05, 0.1) is 36.3 Å². The van der Waals surface area contributed by atoms with Gasteiger partial charge < -0.3 is 18.9 Å². The van der Waals surface area contributed by atoms with Crippen LogP contribution in [-0.2, 0) is 36.7 Å². The Kier molecular flexibility index (Phi) is 5.59. The molecule has 0 aliphatic carbocycles. The highest BCUT2D eigenvalue weighted by molar-refractivity contribution is 5.95. The highest BCUT2D eigenvalue weighted by atomic mass is 16.6. The molecule has 6 rings (SSSR count). The first-order valence-corrected chi connectivity index (χ1v) is 12.8. The molecule has 1 amide bonds. The van der Waals surface area contributed by atoms with Gasteiger partial charge in [-0.3, -0.25) is 9.36 Å². The molecule has 4 aromatic rings. The largest absolute Gasteiger partial charge is 0.444 e. The van der Waals surface area contributed by atoms with Gasteiger partial charge >= 0.3 is 6.09 Å². The summed E-state index contributed by atoms with van der Waals surface area (Å²) in [5.41, 5.74) is 5.29. The van der Waals surface area contributed by atoms with Gasteiger partial charge in [-0.2, -0.15) is 10.2 Å². The summed E-state index contributed by atoms with van der Waals surface area (Å²) in [7, 11) is 3.86. The monoisotopic (exact) mass is 503 g/mol. The van der Waals surface area contributed by atoms with Crippen LogP contribution in [0.2, 0.25) is 0 Å². The van der Waals surface area contributed by atoms with Crippen LogP contribution in [0.25, 0.3) is 33.4 Å². The maximum Gasteiger partial charge on any atom is 0.410 e. The highest BCUT2D eigenvalue weighted by Gasteiger charge is 2.33. The quantitative estimate of drug-likeness (QED) is 0.418. The van der Waals surface area contributed by atoms with E-state index in [4.69, 9.17) is 19.6 Å². The molecule has 1 aromatic carbocycles. The number of benzene rings is 1. The number of aromatic nitrogens is 6. The molecular weight excluding hydrogens is 470 g/mol. The van der Waals surface area contributed by atoms with Crippen LogP contribution in [0.15, 0.2) is 30.6 Å². The second kappa shape index (κ2) is 8.72. The predicted octanol–water partition coefficient (Wildman–Crippen LogP) is 4.09. The first-order valence-electron chi connectivity index (χ1n) is 12.8. The van der Waals surface area contributed by atoms with Crippen molar-refractivity contribution in [2.24, 2.45) is 14.1 Å². The third-order valence-corrected chi connectivity index (χ3v) is 7.08. The minimum Gasteiger partial charge on any atom is -0.444 e. The summed E-state index contributed by atoms with van der Waals surface area (Å²) in [5, 5.41) is 10.2. The van der Waals surface area contributed by atoms with Crippen molar-refractivity contribution < 1.29 is 14.3 Å². The number of aryl methyl sites for hydroxylation is 2. The average molecular weight is 504 g/mol. The second-order valence-electron chi connectivity index (χ2n) is 11.0. The lowest BCUT2D eigenvalue weighted by atomic mass is 10.0.